The van der Waals surface area contributed by atoms with E-state index in [1.807, 2.05) is 66.4 Å². The number of hydrogen-bond donors (Lipinski definition) is 0. The van der Waals surface area contributed by atoms with Gasteiger partial charge in [-0.15, -0.1) is 11.3 Å². The molecule has 35 heavy (non-hydrogen) atoms. The fourth-order valence-corrected chi connectivity index (χ4v) is 5.95. The van der Waals surface area contributed by atoms with E-state index in [0.29, 0.717) is 24.5 Å². The zero-order valence-corrected chi connectivity index (χ0v) is 22.0. The number of nitrogens with zero attached hydrogens (tertiary/aromatic N) is 2. The van der Waals surface area contributed by atoms with Crippen molar-refractivity contribution >= 4 is 34.8 Å². The molecule has 4 rings (SSSR count). The summed E-state index contributed by atoms with van der Waals surface area (Å²) in [4.78, 5) is 32.6. The quantitative estimate of drug-likeness (QED) is 0.322. The van der Waals surface area contributed by atoms with Gasteiger partial charge in [0.25, 0.3) is 0 Å². The van der Waals surface area contributed by atoms with Gasteiger partial charge in [0.1, 0.15) is 0 Å². The highest BCUT2D eigenvalue weighted by Gasteiger charge is 2.34. The third-order valence-corrected chi connectivity index (χ3v) is 8.05. The van der Waals surface area contributed by atoms with E-state index in [9.17, 15) is 9.59 Å². The molecular weight excluding hydrogens is 476 g/mol. The Bertz CT molecular complexity index is 1130. The molecule has 0 N–H and O–H groups in total. The average molecular weight is 509 g/mol. The van der Waals surface area contributed by atoms with Gasteiger partial charge in [-0.25, -0.2) is 0 Å². The standard InChI is InChI=1S/C29H33ClN2O2S/c1-3-5-17-31(29(34)24(4-2)21-9-7-6-8-10-21)20-27(33)32-18-15-26-25(16-19-35-26)28(32)22-11-13-23(30)14-12-22/h6-14,16,19,24,28H,3-5,15,17-18,20H2,1-2H3. The summed E-state index contributed by atoms with van der Waals surface area (Å²) in [5, 5.41) is 2.78. The molecule has 2 unspecified atom stereocenters. The molecule has 184 valence electrons. The first-order valence-corrected chi connectivity index (χ1v) is 13.7. The molecule has 2 amide bonds. The van der Waals surface area contributed by atoms with Gasteiger partial charge in [0.05, 0.1) is 18.5 Å². The third kappa shape index (κ3) is 5.79. The molecule has 0 spiro atoms. The molecule has 0 aliphatic carbocycles. The zero-order chi connectivity index (χ0) is 24.8. The molecule has 4 nitrogen and oxygen atoms in total. The second-order valence-corrected chi connectivity index (χ2v) is 10.5. The van der Waals surface area contributed by atoms with Gasteiger partial charge in [-0.1, -0.05) is 74.3 Å². The maximum absolute atomic E-state index is 13.8. The first-order valence-electron chi connectivity index (χ1n) is 12.5. The molecule has 1 aliphatic heterocycles. The Labute approximate surface area is 217 Å². The number of fused-ring (bicyclic) bond motifs is 1. The molecule has 6 heteroatoms. The van der Waals surface area contributed by atoms with Crippen molar-refractivity contribution < 1.29 is 9.59 Å². The Morgan fingerprint density at radius 2 is 1.83 bits per heavy atom. The lowest BCUT2D eigenvalue weighted by Crippen LogP contribution is -2.47. The number of halogens is 1. The molecule has 3 aromatic rings. The van der Waals surface area contributed by atoms with E-state index in [-0.39, 0.29) is 30.3 Å². The van der Waals surface area contributed by atoms with Crippen molar-refractivity contribution in [1.29, 1.82) is 0 Å². The van der Waals surface area contributed by atoms with Crippen molar-refractivity contribution in [3.63, 3.8) is 0 Å². The Morgan fingerprint density at radius 1 is 1.09 bits per heavy atom. The van der Waals surface area contributed by atoms with Gasteiger partial charge in [0.15, 0.2) is 0 Å². The fourth-order valence-electron chi connectivity index (χ4n) is 4.92. The van der Waals surface area contributed by atoms with Gasteiger partial charge < -0.3 is 9.80 Å². The number of benzene rings is 2. The van der Waals surface area contributed by atoms with Crippen LogP contribution in [0.25, 0.3) is 0 Å². The lowest BCUT2D eigenvalue weighted by molar-refractivity contribution is -0.142. The zero-order valence-electron chi connectivity index (χ0n) is 20.5. The molecule has 0 fully saturated rings. The number of rotatable bonds is 9. The summed E-state index contributed by atoms with van der Waals surface area (Å²) < 4.78 is 0. The summed E-state index contributed by atoms with van der Waals surface area (Å²) in [5.74, 6) is -0.205. The lowest BCUT2D eigenvalue weighted by Gasteiger charge is -2.38. The highest BCUT2D eigenvalue weighted by molar-refractivity contribution is 7.10. The van der Waals surface area contributed by atoms with Crippen molar-refractivity contribution in [2.24, 2.45) is 0 Å². The minimum absolute atomic E-state index is 0.00540. The smallest absolute Gasteiger partial charge is 0.242 e. The number of unbranched alkanes of at least 4 members (excludes halogenated alkanes) is 1. The van der Waals surface area contributed by atoms with Crippen LogP contribution in [-0.2, 0) is 16.0 Å². The van der Waals surface area contributed by atoms with Crippen LogP contribution in [0.1, 0.15) is 66.6 Å². The number of carbonyl (C=O) groups excluding carboxylic acids is 2. The van der Waals surface area contributed by atoms with Gasteiger partial charge in [-0.05, 0) is 59.5 Å². The average Bonchev–Trinajstić information content (AvgIpc) is 3.36. The topological polar surface area (TPSA) is 40.6 Å². The molecule has 0 bridgehead atoms. The van der Waals surface area contributed by atoms with Crippen molar-refractivity contribution in [3.05, 3.63) is 92.6 Å². The van der Waals surface area contributed by atoms with E-state index < -0.39 is 0 Å². The minimum Gasteiger partial charge on any atom is -0.333 e. The van der Waals surface area contributed by atoms with E-state index >= 15 is 0 Å². The van der Waals surface area contributed by atoms with Gasteiger partial charge in [-0.3, -0.25) is 9.59 Å². The molecule has 0 radical (unpaired) electrons. The van der Waals surface area contributed by atoms with Crippen molar-refractivity contribution in [3.8, 4) is 0 Å². The summed E-state index contributed by atoms with van der Waals surface area (Å²) in [6.07, 6.45) is 3.39. The monoisotopic (exact) mass is 508 g/mol. The van der Waals surface area contributed by atoms with Crippen molar-refractivity contribution in [2.75, 3.05) is 19.6 Å². The molecule has 2 heterocycles. The summed E-state index contributed by atoms with van der Waals surface area (Å²) in [6.45, 7) is 5.48. The maximum atomic E-state index is 13.8. The number of carbonyl (C=O) groups is 2. The normalized spacial score (nSPS) is 16.0. The first kappa shape index (κ1) is 25.5. The molecule has 2 atom stereocenters. The number of thiophene rings is 1. The lowest BCUT2D eigenvalue weighted by atomic mass is 9.93. The van der Waals surface area contributed by atoms with Crippen LogP contribution in [0, 0.1) is 0 Å². The minimum atomic E-state index is -0.238. The van der Waals surface area contributed by atoms with Crippen molar-refractivity contribution in [2.45, 2.75) is 51.5 Å². The van der Waals surface area contributed by atoms with Crippen molar-refractivity contribution in [1.82, 2.24) is 9.80 Å². The van der Waals surface area contributed by atoms with E-state index in [2.05, 4.69) is 18.4 Å². The van der Waals surface area contributed by atoms with Gasteiger partial charge >= 0.3 is 0 Å². The third-order valence-electron chi connectivity index (χ3n) is 6.80. The summed E-state index contributed by atoms with van der Waals surface area (Å²) >= 11 is 7.90. The number of hydrogen-bond acceptors (Lipinski definition) is 3. The van der Waals surface area contributed by atoms with E-state index in [1.165, 1.54) is 10.4 Å². The van der Waals surface area contributed by atoms with Gasteiger partial charge in [-0.2, -0.15) is 0 Å². The van der Waals surface area contributed by atoms with Crippen LogP contribution in [-0.4, -0.2) is 41.2 Å². The maximum Gasteiger partial charge on any atom is 0.242 e. The molecule has 0 saturated carbocycles. The largest absolute Gasteiger partial charge is 0.333 e. The second-order valence-electron chi connectivity index (χ2n) is 9.08. The predicted molar refractivity (Wildman–Crippen MR) is 144 cm³/mol. The molecule has 2 aromatic carbocycles. The summed E-state index contributed by atoms with van der Waals surface area (Å²) in [5.41, 5.74) is 3.23. The van der Waals surface area contributed by atoms with Crippen LogP contribution < -0.4 is 0 Å². The van der Waals surface area contributed by atoms with Crippen LogP contribution in [0.3, 0.4) is 0 Å². The van der Waals surface area contributed by atoms with Gasteiger partial charge in [0.2, 0.25) is 11.8 Å². The van der Waals surface area contributed by atoms with E-state index in [1.54, 1.807) is 16.2 Å². The van der Waals surface area contributed by atoms with E-state index in [0.717, 1.165) is 30.4 Å². The highest BCUT2D eigenvalue weighted by atomic mass is 35.5. The summed E-state index contributed by atoms with van der Waals surface area (Å²) in [6, 6.07) is 19.6. The Kier molecular flexibility index (Phi) is 8.64. The van der Waals surface area contributed by atoms with Gasteiger partial charge in [0, 0.05) is 23.0 Å². The van der Waals surface area contributed by atoms with Crippen LogP contribution in [0.5, 0.6) is 0 Å². The van der Waals surface area contributed by atoms with Crippen LogP contribution in [0.15, 0.2) is 66.0 Å². The highest BCUT2D eigenvalue weighted by Crippen LogP contribution is 2.38. The van der Waals surface area contributed by atoms with E-state index in [4.69, 9.17) is 11.6 Å². The SMILES string of the molecule is CCCCN(CC(=O)N1CCc2sccc2C1c1ccc(Cl)cc1)C(=O)C(CC)c1ccccc1. The Morgan fingerprint density at radius 3 is 2.51 bits per heavy atom. The van der Waals surface area contributed by atoms with Crippen LogP contribution >= 0.6 is 22.9 Å². The van der Waals surface area contributed by atoms with Crippen LogP contribution in [0.4, 0.5) is 0 Å². The molecule has 1 aliphatic rings. The van der Waals surface area contributed by atoms with Crippen LogP contribution in [0.2, 0.25) is 5.02 Å². The molecular formula is C29H33ClN2O2S. The number of amides is 2. The molecule has 1 aromatic heterocycles. The predicted octanol–water partition coefficient (Wildman–Crippen LogP) is 6.70. The Hall–Kier alpha value is -2.63. The first-order chi connectivity index (χ1) is 17.0. The summed E-state index contributed by atoms with van der Waals surface area (Å²) in [7, 11) is 0. The molecule has 0 saturated heterocycles. The Balaban J connectivity index is 1.60. The fraction of sp³-hybridized carbons (Fsp3) is 0.379. The second kappa shape index (κ2) is 11.9.